The summed E-state index contributed by atoms with van der Waals surface area (Å²) >= 11 is 2.29. The molecule has 0 aliphatic heterocycles. The number of amides is 1. The fourth-order valence-electron chi connectivity index (χ4n) is 2.45. The van der Waals surface area contributed by atoms with Crippen LogP contribution in [0, 0.1) is 0 Å². The number of anilines is 2. The topological polar surface area (TPSA) is 105 Å². The zero-order chi connectivity index (χ0) is 19.2. The largest absolute Gasteiger partial charge is 0.497 e. The highest BCUT2D eigenvalue weighted by molar-refractivity contribution is 14.1. The van der Waals surface area contributed by atoms with Crippen LogP contribution in [0.25, 0.3) is 0 Å². The number of carbonyl (C=O) groups is 1. The van der Waals surface area contributed by atoms with Gasteiger partial charge in [-0.3, -0.25) is 9.89 Å². The van der Waals surface area contributed by atoms with Gasteiger partial charge >= 0.3 is 0 Å². The van der Waals surface area contributed by atoms with E-state index in [1.807, 2.05) is 48.5 Å². The number of aliphatic imine (C=N–C) groups is 1. The Hall–Kier alpha value is -2.88. The quantitative estimate of drug-likeness (QED) is 0.274. The third kappa shape index (κ3) is 4.64. The van der Waals surface area contributed by atoms with Crippen LogP contribution in [0.3, 0.4) is 0 Å². The lowest BCUT2D eigenvalue weighted by Crippen LogP contribution is -2.12. The van der Waals surface area contributed by atoms with E-state index < -0.39 is 5.91 Å². The number of hydrogen-bond acceptors (Lipinski definition) is 5. The number of aromatic amines is 1. The minimum atomic E-state index is -0.613. The summed E-state index contributed by atoms with van der Waals surface area (Å²) < 4.78 is 6.01. The summed E-state index contributed by atoms with van der Waals surface area (Å²) in [6.07, 6.45) is 1.62. The van der Waals surface area contributed by atoms with Gasteiger partial charge in [0, 0.05) is 16.3 Å². The van der Waals surface area contributed by atoms with E-state index in [2.05, 4.69) is 43.1 Å². The lowest BCUT2D eigenvalue weighted by atomic mass is 10.2. The molecule has 138 valence electrons. The van der Waals surface area contributed by atoms with Crippen LogP contribution >= 0.6 is 22.6 Å². The maximum Gasteiger partial charge on any atom is 0.256 e. The summed E-state index contributed by atoms with van der Waals surface area (Å²) in [5.41, 5.74) is 8.59. The van der Waals surface area contributed by atoms with E-state index in [0.29, 0.717) is 11.6 Å². The molecule has 27 heavy (non-hydrogen) atoms. The van der Waals surface area contributed by atoms with Gasteiger partial charge in [-0.15, -0.1) is 0 Å². The van der Waals surface area contributed by atoms with Crippen molar-refractivity contribution in [3.63, 3.8) is 0 Å². The Morgan fingerprint density at radius 2 is 2.11 bits per heavy atom. The highest BCUT2D eigenvalue weighted by atomic mass is 127. The highest BCUT2D eigenvalue weighted by Crippen LogP contribution is 2.27. The van der Waals surface area contributed by atoms with Crippen molar-refractivity contribution in [3.8, 4) is 5.75 Å². The number of nitrogens with one attached hydrogen (secondary N) is 2. The third-order valence-electron chi connectivity index (χ3n) is 3.80. The molecule has 1 heterocycles. The zero-order valence-electron chi connectivity index (χ0n) is 14.6. The first-order valence-corrected chi connectivity index (χ1v) is 9.61. The molecule has 4 N–H and O–H groups in total. The summed E-state index contributed by atoms with van der Waals surface area (Å²) in [5.74, 6) is 0.783. The fraction of sp³-hybridized carbons (Fsp3) is 0.105. The third-order valence-corrected chi connectivity index (χ3v) is 4.68. The molecule has 0 saturated heterocycles. The van der Waals surface area contributed by atoms with Crippen molar-refractivity contribution in [3.05, 3.63) is 65.2 Å². The molecule has 0 atom stereocenters. The normalized spacial score (nSPS) is 10.9. The average molecular weight is 475 g/mol. The van der Waals surface area contributed by atoms with Crippen LogP contribution in [0.2, 0.25) is 0 Å². The minimum Gasteiger partial charge on any atom is -0.497 e. The lowest BCUT2D eigenvalue weighted by Gasteiger charge is -2.06. The number of halogens is 1. The molecular weight excluding hydrogens is 457 g/mol. The van der Waals surface area contributed by atoms with Crippen molar-refractivity contribution in [2.75, 3.05) is 12.4 Å². The molecule has 0 bridgehead atoms. The van der Waals surface area contributed by atoms with E-state index in [9.17, 15) is 4.79 Å². The first-order chi connectivity index (χ1) is 13.1. The van der Waals surface area contributed by atoms with Crippen LogP contribution in [-0.2, 0) is 4.43 Å². The number of H-pyrrole nitrogens is 1. The molecule has 0 saturated carbocycles. The Morgan fingerprint density at radius 1 is 1.33 bits per heavy atom. The maximum atomic E-state index is 11.9. The van der Waals surface area contributed by atoms with Gasteiger partial charge in [0.05, 0.1) is 7.11 Å². The van der Waals surface area contributed by atoms with Crippen LogP contribution in [0.4, 0.5) is 17.3 Å². The molecule has 1 aromatic heterocycles. The van der Waals surface area contributed by atoms with Gasteiger partial charge in [-0.25, -0.2) is 4.99 Å². The van der Waals surface area contributed by atoms with E-state index >= 15 is 0 Å². The number of rotatable bonds is 7. The minimum absolute atomic E-state index is 0.208. The fourth-order valence-corrected chi connectivity index (χ4v) is 2.92. The molecular formula is C19H18IN5O2. The summed E-state index contributed by atoms with van der Waals surface area (Å²) in [4.78, 5) is 16.3. The summed E-state index contributed by atoms with van der Waals surface area (Å²) in [5, 5.41) is 10.0. The lowest BCUT2D eigenvalue weighted by molar-refractivity contribution is 0.100. The number of hydrogen-bond donors (Lipinski definition) is 3. The number of alkyl halides is 1. The molecule has 7 nitrogen and oxygen atoms in total. The Balaban J connectivity index is 1.86. The molecule has 2 aromatic carbocycles. The first kappa shape index (κ1) is 18.9. The SMILES string of the molecule is COc1ccc(/C=N/c2[nH]nc(Nc3cccc(CI)c3)c2C(N)=O)cc1. The van der Waals surface area contributed by atoms with Gasteiger partial charge in [-0.2, -0.15) is 5.10 Å². The summed E-state index contributed by atoms with van der Waals surface area (Å²) in [6.45, 7) is 0. The Kier molecular flexibility index (Phi) is 6.07. The van der Waals surface area contributed by atoms with Crippen molar-refractivity contribution >= 4 is 52.0 Å². The Bertz CT molecular complexity index is 966. The predicted molar refractivity (Wildman–Crippen MR) is 115 cm³/mol. The van der Waals surface area contributed by atoms with Crippen molar-refractivity contribution in [1.29, 1.82) is 0 Å². The van der Waals surface area contributed by atoms with E-state index in [1.54, 1.807) is 13.3 Å². The second kappa shape index (κ2) is 8.67. The van der Waals surface area contributed by atoms with Gasteiger partial charge in [0.15, 0.2) is 11.6 Å². The Labute approximate surface area is 170 Å². The highest BCUT2D eigenvalue weighted by Gasteiger charge is 2.18. The number of carbonyl (C=O) groups excluding carboxylic acids is 1. The predicted octanol–water partition coefficient (Wildman–Crippen LogP) is 3.95. The molecule has 0 radical (unpaired) electrons. The molecule has 8 heteroatoms. The van der Waals surface area contributed by atoms with Crippen LogP contribution in [0.5, 0.6) is 5.75 Å². The number of ether oxygens (including phenoxy) is 1. The van der Waals surface area contributed by atoms with Crippen LogP contribution in [-0.4, -0.2) is 29.4 Å². The van der Waals surface area contributed by atoms with Gasteiger partial charge in [0.25, 0.3) is 5.91 Å². The van der Waals surface area contributed by atoms with Gasteiger partial charge in [-0.1, -0.05) is 34.7 Å². The number of methoxy groups -OCH3 is 1. The van der Waals surface area contributed by atoms with Crippen molar-refractivity contribution < 1.29 is 9.53 Å². The zero-order valence-corrected chi connectivity index (χ0v) is 16.7. The van der Waals surface area contributed by atoms with Crippen molar-refractivity contribution in [2.24, 2.45) is 10.7 Å². The number of nitrogens with two attached hydrogens (primary N) is 1. The van der Waals surface area contributed by atoms with E-state index in [1.165, 1.54) is 0 Å². The molecule has 3 rings (SSSR count). The molecule has 0 aliphatic carbocycles. The van der Waals surface area contributed by atoms with E-state index in [-0.39, 0.29) is 5.56 Å². The average Bonchev–Trinajstić information content (AvgIpc) is 3.09. The van der Waals surface area contributed by atoms with Crippen LogP contribution in [0.15, 0.2) is 53.5 Å². The van der Waals surface area contributed by atoms with E-state index in [0.717, 1.165) is 27.0 Å². The Morgan fingerprint density at radius 3 is 2.78 bits per heavy atom. The summed E-state index contributed by atoms with van der Waals surface area (Å²) in [6, 6.07) is 15.2. The van der Waals surface area contributed by atoms with Crippen molar-refractivity contribution in [2.45, 2.75) is 4.43 Å². The molecule has 0 spiro atoms. The molecule has 0 fully saturated rings. The van der Waals surface area contributed by atoms with Gasteiger partial charge in [0.1, 0.15) is 11.3 Å². The maximum absolute atomic E-state index is 11.9. The van der Waals surface area contributed by atoms with Gasteiger partial charge in [0.2, 0.25) is 0 Å². The first-order valence-electron chi connectivity index (χ1n) is 8.09. The van der Waals surface area contributed by atoms with Gasteiger partial charge in [-0.05, 0) is 47.5 Å². The number of nitrogens with zero attached hydrogens (tertiary/aromatic N) is 2. The van der Waals surface area contributed by atoms with Gasteiger partial charge < -0.3 is 15.8 Å². The summed E-state index contributed by atoms with van der Waals surface area (Å²) in [7, 11) is 1.61. The monoisotopic (exact) mass is 475 g/mol. The molecule has 0 aliphatic rings. The van der Waals surface area contributed by atoms with Crippen LogP contribution in [0.1, 0.15) is 21.5 Å². The van der Waals surface area contributed by atoms with Crippen LogP contribution < -0.4 is 15.8 Å². The second-order valence-electron chi connectivity index (χ2n) is 5.65. The number of primary amides is 1. The molecule has 3 aromatic rings. The molecule has 1 amide bonds. The smallest absolute Gasteiger partial charge is 0.256 e. The number of aromatic nitrogens is 2. The van der Waals surface area contributed by atoms with Crippen molar-refractivity contribution in [1.82, 2.24) is 10.2 Å². The standard InChI is InChI=1S/C19H18IN5O2/c1-27-15-7-5-12(6-8-15)11-22-18-16(17(21)26)19(25-24-18)23-14-4-2-3-13(9-14)10-20/h2-9,11H,10H2,1H3,(H2,21,26)(H2,23,24,25)/b22-11+. The number of benzene rings is 2. The second-order valence-corrected chi connectivity index (χ2v) is 6.41. The molecule has 0 unspecified atom stereocenters. The van der Waals surface area contributed by atoms with E-state index in [4.69, 9.17) is 10.5 Å².